The summed E-state index contributed by atoms with van der Waals surface area (Å²) in [5, 5.41) is 15.7. The molecule has 2 aliphatic rings. The second-order valence-electron chi connectivity index (χ2n) is 11.1. The number of hydrazone groups is 1. The number of piperidine rings is 1. The molecule has 226 valence electrons. The fourth-order valence-electron chi connectivity index (χ4n) is 5.04. The maximum atomic E-state index is 12.4. The van der Waals surface area contributed by atoms with Gasteiger partial charge in [0, 0.05) is 43.5 Å². The van der Waals surface area contributed by atoms with Crippen molar-refractivity contribution in [3.63, 3.8) is 0 Å². The number of nitrogens with two attached hydrogens (primary N) is 1. The van der Waals surface area contributed by atoms with E-state index in [0.29, 0.717) is 49.4 Å². The Hall–Kier alpha value is -4.14. The van der Waals surface area contributed by atoms with Gasteiger partial charge in [0.15, 0.2) is 0 Å². The highest BCUT2D eigenvalue weighted by molar-refractivity contribution is 8.14. The van der Waals surface area contributed by atoms with Crippen LogP contribution in [0.4, 0.5) is 21.0 Å². The van der Waals surface area contributed by atoms with Crippen molar-refractivity contribution in [3.05, 3.63) is 52.1 Å². The van der Waals surface area contributed by atoms with Crippen molar-refractivity contribution in [2.45, 2.75) is 70.3 Å². The van der Waals surface area contributed by atoms with Gasteiger partial charge in [-0.3, -0.25) is 14.9 Å². The maximum Gasteiger partial charge on any atom is 0.437 e. The second-order valence-corrected chi connectivity index (χ2v) is 12.5. The van der Waals surface area contributed by atoms with Crippen LogP contribution in [-0.2, 0) is 11.2 Å². The van der Waals surface area contributed by atoms with Crippen LogP contribution in [0.1, 0.15) is 58.2 Å². The molecule has 1 unspecified atom stereocenters. The lowest BCUT2D eigenvalue weighted by Gasteiger charge is -2.39. The highest BCUT2D eigenvalue weighted by Crippen LogP contribution is 2.34. The van der Waals surface area contributed by atoms with E-state index in [0.717, 1.165) is 30.3 Å². The summed E-state index contributed by atoms with van der Waals surface area (Å²) in [6.45, 7) is 8.77. The van der Waals surface area contributed by atoms with Gasteiger partial charge < -0.3 is 25.3 Å². The third-order valence-corrected chi connectivity index (χ3v) is 7.81. The van der Waals surface area contributed by atoms with Crippen molar-refractivity contribution in [3.8, 4) is 0 Å². The Balaban J connectivity index is 1.48. The molecule has 1 fully saturated rings. The number of aliphatic imine (C=N–C) groups is 1. The number of thioether (sulfide) groups is 1. The number of rotatable bonds is 8. The van der Waals surface area contributed by atoms with Gasteiger partial charge in [-0.05, 0) is 59.4 Å². The number of nitro benzene ring substituents is 1. The molecule has 1 atom stereocenters. The normalized spacial score (nSPS) is 18.3. The number of carbonyl (C=O) groups is 2. The van der Waals surface area contributed by atoms with Crippen LogP contribution in [-0.4, -0.2) is 79.3 Å². The van der Waals surface area contributed by atoms with E-state index in [9.17, 15) is 19.7 Å². The molecule has 1 aromatic carbocycles. The number of amides is 2. The third-order valence-electron chi connectivity index (χ3n) is 6.93. The summed E-state index contributed by atoms with van der Waals surface area (Å²) in [7, 11) is 0. The number of imidazole rings is 1. The molecular weight excluding hydrogens is 562 g/mol. The zero-order valence-electron chi connectivity index (χ0n) is 24.2. The molecule has 1 aromatic heterocycles. The van der Waals surface area contributed by atoms with E-state index in [1.807, 2.05) is 22.9 Å². The van der Waals surface area contributed by atoms with Gasteiger partial charge in [-0.1, -0.05) is 17.8 Å². The van der Waals surface area contributed by atoms with Gasteiger partial charge in [-0.15, -0.1) is 4.99 Å². The quantitative estimate of drug-likeness (QED) is 0.173. The van der Waals surface area contributed by atoms with Crippen molar-refractivity contribution in [1.82, 2.24) is 20.3 Å². The minimum atomic E-state index is -0.750. The summed E-state index contributed by atoms with van der Waals surface area (Å²) in [6, 6.07) is 5.03. The van der Waals surface area contributed by atoms with E-state index in [1.54, 1.807) is 39.2 Å². The highest BCUT2D eigenvalue weighted by Gasteiger charge is 2.31. The van der Waals surface area contributed by atoms with Crippen molar-refractivity contribution < 1.29 is 19.2 Å². The summed E-state index contributed by atoms with van der Waals surface area (Å²) in [5.74, 6) is 0.0902. The number of ether oxygens (including phenoxy) is 1. The fourth-order valence-corrected chi connectivity index (χ4v) is 5.76. The van der Waals surface area contributed by atoms with Crippen LogP contribution in [0, 0.1) is 10.1 Å². The number of nitrogens with one attached hydrogen (secondary N) is 2. The summed E-state index contributed by atoms with van der Waals surface area (Å²) < 4.78 is 5.34. The molecule has 2 aromatic rings. The van der Waals surface area contributed by atoms with Crippen LogP contribution in [0.25, 0.3) is 0 Å². The number of nitro groups is 1. The molecule has 2 aliphatic heterocycles. The maximum absolute atomic E-state index is 12.4. The predicted molar refractivity (Wildman–Crippen MR) is 162 cm³/mol. The van der Waals surface area contributed by atoms with E-state index in [1.165, 1.54) is 6.07 Å². The number of aromatic amines is 1. The number of H-pyrrole nitrogens is 1. The van der Waals surface area contributed by atoms with Crippen LogP contribution in [0.2, 0.25) is 0 Å². The zero-order valence-corrected chi connectivity index (χ0v) is 25.0. The molecule has 15 heteroatoms. The lowest BCUT2D eigenvalue weighted by atomic mass is 10.0. The number of anilines is 1. The average molecular weight is 600 g/mol. The van der Waals surface area contributed by atoms with Crippen LogP contribution in [0.15, 0.2) is 40.8 Å². The summed E-state index contributed by atoms with van der Waals surface area (Å²) >= 11 is 1.09. The number of guanidine groups is 1. The first kappa shape index (κ1) is 30.8. The van der Waals surface area contributed by atoms with Gasteiger partial charge in [0.2, 0.25) is 5.96 Å². The topological polar surface area (TPSA) is 184 Å². The lowest BCUT2D eigenvalue weighted by molar-refractivity contribution is -0.384. The number of nitrogens with zero attached hydrogens (tertiary/aromatic N) is 6. The van der Waals surface area contributed by atoms with Gasteiger partial charge in [0.05, 0.1) is 27.9 Å². The number of hydrogen-bond donors (Lipinski definition) is 3. The van der Waals surface area contributed by atoms with E-state index >= 15 is 0 Å². The zero-order chi connectivity index (χ0) is 30.4. The summed E-state index contributed by atoms with van der Waals surface area (Å²) in [6.07, 6.45) is 5.49. The number of carbonyl (C=O) groups excluding carboxylic acids is 2. The van der Waals surface area contributed by atoms with Crippen LogP contribution in [0.3, 0.4) is 0 Å². The van der Waals surface area contributed by atoms with Crippen LogP contribution in [0.5, 0.6) is 0 Å². The lowest BCUT2D eigenvalue weighted by Crippen LogP contribution is -2.51. The van der Waals surface area contributed by atoms with Crippen molar-refractivity contribution >= 4 is 46.1 Å². The molecule has 0 spiro atoms. The first-order valence-corrected chi connectivity index (χ1v) is 14.7. The fraction of sp³-hybridized carbons (Fsp3) is 0.519. The largest absolute Gasteiger partial charge is 0.442 e. The standard InChI is InChI=1S/C27H37N9O5S/c1-17-23(32-33-26(38)42-17)18-7-8-21(22(14-18)36(39)40)34-12-9-20(10-13-34)35(11-5-6-19-15-29-16-30-19)24(28)31-25(37)41-27(2,3)4/h7-8,14-17,20H,5-6,9-13H2,1-4H3,(H,29,30)(H,33,38)(H2,28,31,37). The number of aryl methyl sites for hydroxylation is 1. The predicted octanol–water partition coefficient (Wildman–Crippen LogP) is 4.02. The Morgan fingerprint density at radius 3 is 2.69 bits per heavy atom. The molecule has 3 heterocycles. The smallest absolute Gasteiger partial charge is 0.437 e. The van der Waals surface area contributed by atoms with Gasteiger partial charge in [0.25, 0.3) is 10.9 Å². The van der Waals surface area contributed by atoms with E-state index < -0.39 is 16.6 Å². The van der Waals surface area contributed by atoms with Gasteiger partial charge in [0.1, 0.15) is 11.3 Å². The van der Waals surface area contributed by atoms with Gasteiger partial charge >= 0.3 is 6.09 Å². The molecule has 4 N–H and O–H groups in total. The van der Waals surface area contributed by atoms with E-state index in [4.69, 9.17) is 10.5 Å². The molecular formula is C27H37N9O5S. The van der Waals surface area contributed by atoms with Crippen molar-refractivity contribution in [2.75, 3.05) is 24.5 Å². The second kappa shape index (κ2) is 13.2. The molecule has 4 rings (SSSR count). The minimum absolute atomic E-state index is 0.0235. The Morgan fingerprint density at radius 1 is 1.33 bits per heavy atom. The number of benzene rings is 1. The first-order chi connectivity index (χ1) is 19.9. The van der Waals surface area contributed by atoms with E-state index in [2.05, 4.69) is 25.5 Å². The molecule has 14 nitrogen and oxygen atoms in total. The molecule has 1 saturated heterocycles. The number of aromatic nitrogens is 2. The Labute approximate surface area is 248 Å². The average Bonchev–Trinajstić information content (AvgIpc) is 3.43. The van der Waals surface area contributed by atoms with E-state index in [-0.39, 0.29) is 28.2 Å². The molecule has 2 amide bonds. The Bertz CT molecular complexity index is 1350. The first-order valence-electron chi connectivity index (χ1n) is 13.8. The molecule has 0 aliphatic carbocycles. The van der Waals surface area contributed by atoms with Gasteiger partial charge in [-0.25, -0.2) is 15.2 Å². The third kappa shape index (κ3) is 7.99. The van der Waals surface area contributed by atoms with Crippen molar-refractivity contribution in [2.24, 2.45) is 15.8 Å². The van der Waals surface area contributed by atoms with Crippen LogP contribution >= 0.6 is 11.8 Å². The monoisotopic (exact) mass is 599 g/mol. The van der Waals surface area contributed by atoms with Crippen molar-refractivity contribution in [1.29, 1.82) is 0 Å². The summed E-state index contributed by atoms with van der Waals surface area (Å²) in [4.78, 5) is 50.9. The SMILES string of the molecule is CC1SC(=O)NN=C1c1ccc(N2CCC(N(CCCc3c[nH]cn3)C(N)=NC(=O)OC(C)(C)C)CC2)c([N+](=O)[O-])c1. The highest BCUT2D eigenvalue weighted by atomic mass is 32.2. The van der Waals surface area contributed by atoms with Crippen LogP contribution < -0.4 is 16.1 Å². The molecule has 0 bridgehead atoms. The molecule has 0 saturated carbocycles. The Kier molecular flexibility index (Phi) is 9.70. The van der Waals surface area contributed by atoms with Gasteiger partial charge in [-0.2, -0.15) is 5.10 Å². The number of hydrogen-bond acceptors (Lipinski definition) is 9. The summed E-state index contributed by atoms with van der Waals surface area (Å²) in [5.41, 5.74) is 10.7. The minimum Gasteiger partial charge on any atom is -0.442 e. The molecule has 42 heavy (non-hydrogen) atoms. The molecule has 0 radical (unpaired) electrons. The Morgan fingerprint density at radius 2 is 2.07 bits per heavy atom.